The number of esters is 1. The molecule has 3 aromatic carbocycles. The largest absolute Gasteiger partial charge is 0.457 e. The average Bonchev–Trinajstić information content (AvgIpc) is 2.97. The fraction of sp³-hybridized carbons (Fsp3) is 0.0952. The van der Waals surface area contributed by atoms with Gasteiger partial charge in [0.05, 0.1) is 5.56 Å². The van der Waals surface area contributed by atoms with E-state index >= 15 is 0 Å². The van der Waals surface area contributed by atoms with E-state index in [-0.39, 0.29) is 12.6 Å². The Bertz CT molecular complexity index is 1030. The van der Waals surface area contributed by atoms with Gasteiger partial charge >= 0.3 is 5.97 Å². The van der Waals surface area contributed by atoms with Crippen molar-refractivity contribution >= 4 is 27.9 Å². The lowest BCUT2D eigenvalue weighted by Gasteiger charge is -2.05. The van der Waals surface area contributed by atoms with Crippen molar-refractivity contribution in [2.24, 2.45) is 0 Å². The van der Waals surface area contributed by atoms with E-state index < -0.39 is 0 Å². The third-order valence-electron chi connectivity index (χ3n) is 4.08. The molecular weight excluding hydrogens is 300 g/mol. The second kappa shape index (κ2) is 5.85. The number of benzene rings is 3. The molecule has 24 heavy (non-hydrogen) atoms. The van der Waals surface area contributed by atoms with Crippen molar-refractivity contribution in [1.29, 1.82) is 0 Å². The van der Waals surface area contributed by atoms with Crippen LogP contribution in [0, 0.1) is 6.92 Å². The second-order valence-electron chi connectivity index (χ2n) is 5.87. The summed E-state index contributed by atoms with van der Waals surface area (Å²) in [4.78, 5) is 12.3. The molecule has 3 nitrogen and oxygen atoms in total. The van der Waals surface area contributed by atoms with Crippen LogP contribution in [0.2, 0.25) is 0 Å². The first-order valence-electron chi connectivity index (χ1n) is 7.85. The topological polar surface area (TPSA) is 39.4 Å². The van der Waals surface area contributed by atoms with Gasteiger partial charge in [-0.15, -0.1) is 0 Å². The summed E-state index contributed by atoms with van der Waals surface area (Å²) in [5.41, 5.74) is 4.25. The van der Waals surface area contributed by atoms with Crippen LogP contribution in [0.4, 0.5) is 0 Å². The maximum atomic E-state index is 12.3. The van der Waals surface area contributed by atoms with Crippen LogP contribution in [0.1, 0.15) is 21.5 Å². The summed E-state index contributed by atoms with van der Waals surface area (Å²) < 4.78 is 11.2. The molecule has 0 spiro atoms. The van der Waals surface area contributed by atoms with Gasteiger partial charge in [-0.2, -0.15) is 0 Å². The molecule has 0 aliphatic carbocycles. The predicted molar refractivity (Wildman–Crippen MR) is 94.0 cm³/mol. The van der Waals surface area contributed by atoms with Gasteiger partial charge in [0.25, 0.3) is 0 Å². The lowest BCUT2D eigenvalue weighted by Crippen LogP contribution is -2.04. The minimum absolute atomic E-state index is 0.267. The lowest BCUT2D eigenvalue weighted by molar-refractivity contribution is 0.0473. The van der Waals surface area contributed by atoms with Crippen LogP contribution in [-0.2, 0) is 11.3 Å². The highest BCUT2D eigenvalue weighted by atomic mass is 16.5. The Morgan fingerprint density at radius 2 is 1.75 bits per heavy atom. The molecule has 0 unspecified atom stereocenters. The van der Waals surface area contributed by atoms with Crippen LogP contribution in [0.25, 0.3) is 21.9 Å². The van der Waals surface area contributed by atoms with Gasteiger partial charge in [0.1, 0.15) is 17.8 Å². The number of hydrogen-bond donors (Lipinski definition) is 0. The Labute approximate surface area is 139 Å². The van der Waals surface area contributed by atoms with E-state index in [2.05, 4.69) is 0 Å². The van der Waals surface area contributed by atoms with Gasteiger partial charge in [0.15, 0.2) is 0 Å². The van der Waals surface area contributed by atoms with Gasteiger partial charge in [-0.05, 0) is 42.3 Å². The summed E-state index contributed by atoms with van der Waals surface area (Å²) in [6.45, 7) is 2.29. The van der Waals surface area contributed by atoms with Gasteiger partial charge in [0, 0.05) is 10.8 Å². The molecule has 4 aromatic rings. The van der Waals surface area contributed by atoms with Gasteiger partial charge in [-0.1, -0.05) is 42.5 Å². The summed E-state index contributed by atoms with van der Waals surface area (Å²) in [5, 5.41) is 1.94. The Hall–Kier alpha value is -3.07. The van der Waals surface area contributed by atoms with Crippen LogP contribution in [0.15, 0.2) is 71.1 Å². The lowest BCUT2D eigenvalue weighted by atomic mass is 10.1. The molecule has 0 aliphatic heterocycles. The fourth-order valence-corrected chi connectivity index (χ4v) is 2.82. The van der Waals surface area contributed by atoms with E-state index in [1.54, 1.807) is 6.07 Å². The number of fused-ring (bicyclic) bond motifs is 3. The molecule has 0 radical (unpaired) electrons. The van der Waals surface area contributed by atoms with Gasteiger partial charge in [-0.25, -0.2) is 4.79 Å². The van der Waals surface area contributed by atoms with Crippen LogP contribution >= 0.6 is 0 Å². The van der Waals surface area contributed by atoms with Crippen molar-refractivity contribution < 1.29 is 13.9 Å². The van der Waals surface area contributed by atoms with Crippen molar-refractivity contribution in [3.05, 3.63) is 83.4 Å². The standard InChI is InChI=1S/C21H16O3/c1-14-7-9-17-18-12-16(8-10-19(18)24-20(17)11-14)21(22)23-13-15-5-3-2-4-6-15/h2-12H,13H2,1H3. The quantitative estimate of drug-likeness (QED) is 0.484. The SMILES string of the molecule is Cc1ccc2c(c1)oc1ccc(C(=O)OCc3ccccc3)cc12. The van der Waals surface area contributed by atoms with Gasteiger partial charge in [0.2, 0.25) is 0 Å². The minimum Gasteiger partial charge on any atom is -0.457 e. The molecule has 1 heterocycles. The van der Waals surface area contributed by atoms with Crippen molar-refractivity contribution in [2.45, 2.75) is 13.5 Å². The van der Waals surface area contributed by atoms with Crippen LogP contribution in [0.5, 0.6) is 0 Å². The molecule has 0 amide bonds. The average molecular weight is 316 g/mol. The number of carbonyl (C=O) groups excluding carboxylic acids is 1. The molecular formula is C21H16O3. The summed E-state index contributed by atoms with van der Waals surface area (Å²) >= 11 is 0. The zero-order chi connectivity index (χ0) is 16.5. The van der Waals surface area contributed by atoms with E-state index in [0.29, 0.717) is 5.56 Å². The number of furan rings is 1. The maximum Gasteiger partial charge on any atom is 0.338 e. The third-order valence-corrected chi connectivity index (χ3v) is 4.08. The molecule has 0 saturated carbocycles. The summed E-state index contributed by atoms with van der Waals surface area (Å²) in [6, 6.07) is 21.1. The highest BCUT2D eigenvalue weighted by Crippen LogP contribution is 2.30. The number of aryl methyl sites for hydroxylation is 1. The van der Waals surface area contributed by atoms with Gasteiger partial charge < -0.3 is 9.15 Å². The summed E-state index contributed by atoms with van der Waals surface area (Å²) in [5.74, 6) is -0.331. The van der Waals surface area contributed by atoms with Crippen molar-refractivity contribution in [3.63, 3.8) is 0 Å². The number of hydrogen-bond acceptors (Lipinski definition) is 3. The molecule has 4 rings (SSSR count). The number of carbonyl (C=O) groups is 1. The first-order chi connectivity index (χ1) is 11.7. The molecule has 0 fully saturated rings. The van der Waals surface area contributed by atoms with E-state index in [1.165, 1.54) is 0 Å². The van der Waals surface area contributed by atoms with Crippen molar-refractivity contribution in [1.82, 2.24) is 0 Å². The van der Waals surface area contributed by atoms with E-state index in [1.807, 2.05) is 67.6 Å². The molecule has 0 aliphatic rings. The van der Waals surface area contributed by atoms with Gasteiger partial charge in [-0.3, -0.25) is 0 Å². The Balaban J connectivity index is 1.64. The zero-order valence-electron chi connectivity index (χ0n) is 13.3. The predicted octanol–water partition coefficient (Wildman–Crippen LogP) is 5.25. The zero-order valence-corrected chi connectivity index (χ0v) is 13.3. The molecule has 0 bridgehead atoms. The molecule has 1 aromatic heterocycles. The maximum absolute atomic E-state index is 12.3. The fourth-order valence-electron chi connectivity index (χ4n) is 2.82. The third kappa shape index (κ3) is 2.65. The Morgan fingerprint density at radius 3 is 2.58 bits per heavy atom. The van der Waals surface area contributed by atoms with E-state index in [0.717, 1.165) is 33.1 Å². The second-order valence-corrected chi connectivity index (χ2v) is 5.87. The summed E-state index contributed by atoms with van der Waals surface area (Å²) in [6.07, 6.45) is 0. The number of ether oxygens (including phenoxy) is 1. The number of rotatable bonds is 3. The Kier molecular flexibility index (Phi) is 3.54. The highest BCUT2D eigenvalue weighted by Gasteiger charge is 2.12. The highest BCUT2D eigenvalue weighted by molar-refractivity contribution is 6.07. The molecule has 0 saturated heterocycles. The molecule has 0 N–H and O–H groups in total. The first kappa shape index (κ1) is 14.5. The van der Waals surface area contributed by atoms with E-state index in [4.69, 9.17) is 9.15 Å². The molecule has 3 heteroatoms. The van der Waals surface area contributed by atoms with Crippen LogP contribution in [-0.4, -0.2) is 5.97 Å². The van der Waals surface area contributed by atoms with Crippen molar-refractivity contribution in [2.75, 3.05) is 0 Å². The van der Waals surface area contributed by atoms with Crippen LogP contribution in [0.3, 0.4) is 0 Å². The molecule has 0 atom stereocenters. The smallest absolute Gasteiger partial charge is 0.338 e. The first-order valence-corrected chi connectivity index (χ1v) is 7.85. The van der Waals surface area contributed by atoms with Crippen LogP contribution < -0.4 is 0 Å². The normalized spacial score (nSPS) is 11.0. The molecule has 118 valence electrons. The monoisotopic (exact) mass is 316 g/mol. The summed E-state index contributed by atoms with van der Waals surface area (Å²) in [7, 11) is 0. The van der Waals surface area contributed by atoms with E-state index in [9.17, 15) is 4.79 Å². The Morgan fingerprint density at radius 1 is 0.917 bits per heavy atom. The minimum atomic E-state index is -0.331. The van der Waals surface area contributed by atoms with Crippen molar-refractivity contribution in [3.8, 4) is 0 Å².